The SMILES string of the molecule is CCCNS(=O)(=O)N=C(SC)N1CC(c2cccnc2)C(c2ccc(Cl)cc2)=N1. The lowest BCUT2D eigenvalue weighted by molar-refractivity contribution is 0.484. The lowest BCUT2D eigenvalue weighted by Crippen LogP contribution is -2.28. The standard InChI is InChI=1S/C19H22ClN5O2S2/c1-3-10-22-29(26,27)24-19(28-2)25-13-17(15-5-4-11-21-12-15)18(23-25)14-6-8-16(20)9-7-14/h4-9,11-12,17,22H,3,10,13H2,1-2H3. The van der Waals surface area contributed by atoms with E-state index in [2.05, 4.69) is 14.1 Å². The Labute approximate surface area is 180 Å². The third-order valence-corrected chi connectivity index (χ3v) is 6.29. The second kappa shape index (κ2) is 9.71. The van der Waals surface area contributed by atoms with E-state index < -0.39 is 10.2 Å². The maximum Gasteiger partial charge on any atom is 0.322 e. The van der Waals surface area contributed by atoms with Crippen LogP contribution in [0.2, 0.25) is 5.02 Å². The quantitative estimate of drug-likeness (QED) is 0.536. The predicted molar refractivity (Wildman–Crippen MR) is 120 cm³/mol. The molecular weight excluding hydrogens is 430 g/mol. The third kappa shape index (κ3) is 5.57. The molecule has 0 radical (unpaired) electrons. The van der Waals surface area contributed by atoms with Crippen LogP contribution in [0.4, 0.5) is 0 Å². The molecule has 0 bridgehead atoms. The minimum atomic E-state index is -3.79. The van der Waals surface area contributed by atoms with Crippen LogP contribution in [0, 0.1) is 0 Å². The molecular formula is C19H22ClN5O2S2. The van der Waals surface area contributed by atoms with Gasteiger partial charge in [-0.1, -0.05) is 48.5 Å². The Kier molecular flexibility index (Phi) is 7.28. The first-order chi connectivity index (χ1) is 13.9. The van der Waals surface area contributed by atoms with Crippen LogP contribution >= 0.6 is 23.4 Å². The van der Waals surface area contributed by atoms with Gasteiger partial charge in [0.2, 0.25) is 0 Å². The van der Waals surface area contributed by atoms with E-state index >= 15 is 0 Å². The van der Waals surface area contributed by atoms with E-state index in [1.54, 1.807) is 23.7 Å². The van der Waals surface area contributed by atoms with Crippen molar-refractivity contribution in [1.82, 2.24) is 14.7 Å². The van der Waals surface area contributed by atoms with Crippen molar-refractivity contribution in [2.24, 2.45) is 9.50 Å². The van der Waals surface area contributed by atoms with E-state index in [-0.39, 0.29) is 5.92 Å². The molecule has 1 aliphatic rings. The fourth-order valence-corrected chi connectivity index (χ4v) is 4.77. The van der Waals surface area contributed by atoms with E-state index in [9.17, 15) is 8.42 Å². The van der Waals surface area contributed by atoms with Crippen LogP contribution in [-0.2, 0) is 10.2 Å². The summed E-state index contributed by atoms with van der Waals surface area (Å²) in [5.41, 5.74) is 2.73. The number of hydrogen-bond donors (Lipinski definition) is 1. The second-order valence-electron chi connectivity index (χ2n) is 6.36. The molecule has 0 saturated carbocycles. The summed E-state index contributed by atoms with van der Waals surface area (Å²) in [6.07, 6.45) is 5.99. The second-order valence-corrected chi connectivity index (χ2v) is 8.99. The molecule has 0 fully saturated rings. The van der Waals surface area contributed by atoms with Gasteiger partial charge in [0.25, 0.3) is 0 Å². The number of nitrogens with one attached hydrogen (secondary N) is 1. The van der Waals surface area contributed by atoms with Crippen LogP contribution in [-0.4, -0.2) is 48.6 Å². The van der Waals surface area contributed by atoms with Crippen LogP contribution in [0.5, 0.6) is 0 Å². The van der Waals surface area contributed by atoms with Crippen LogP contribution in [0.25, 0.3) is 0 Å². The lowest BCUT2D eigenvalue weighted by atomic mass is 9.92. The largest absolute Gasteiger partial charge is 0.322 e. The molecule has 0 saturated heterocycles. The van der Waals surface area contributed by atoms with E-state index in [4.69, 9.17) is 16.7 Å². The first-order valence-corrected chi connectivity index (χ1v) is 12.1. The summed E-state index contributed by atoms with van der Waals surface area (Å²) in [5.74, 6) is -0.0754. The highest BCUT2D eigenvalue weighted by Crippen LogP contribution is 2.30. The molecule has 1 N–H and O–H groups in total. The summed E-state index contributed by atoms with van der Waals surface area (Å²) < 4.78 is 30.9. The molecule has 10 heteroatoms. The number of hydrazone groups is 1. The molecule has 0 aliphatic carbocycles. The zero-order chi connectivity index (χ0) is 20.9. The maximum atomic E-state index is 12.2. The van der Waals surface area contributed by atoms with Gasteiger partial charge in [-0.3, -0.25) is 4.98 Å². The van der Waals surface area contributed by atoms with Crippen LogP contribution in [0.3, 0.4) is 0 Å². The fourth-order valence-electron chi connectivity index (χ4n) is 2.90. The van der Waals surface area contributed by atoms with Crippen molar-refractivity contribution >= 4 is 44.5 Å². The maximum absolute atomic E-state index is 12.2. The number of amidine groups is 1. The highest BCUT2D eigenvalue weighted by molar-refractivity contribution is 8.13. The van der Waals surface area contributed by atoms with E-state index in [0.717, 1.165) is 16.8 Å². The van der Waals surface area contributed by atoms with Crippen LogP contribution in [0.15, 0.2) is 58.3 Å². The first-order valence-electron chi connectivity index (χ1n) is 9.09. The Bertz CT molecular complexity index is 995. The molecule has 7 nitrogen and oxygen atoms in total. The average molecular weight is 452 g/mol. The Hall–Kier alpha value is -1.94. The molecule has 29 heavy (non-hydrogen) atoms. The Morgan fingerprint density at radius 1 is 1.34 bits per heavy atom. The molecule has 3 rings (SSSR count). The van der Waals surface area contributed by atoms with Crippen molar-refractivity contribution in [3.8, 4) is 0 Å². The van der Waals surface area contributed by atoms with Gasteiger partial charge in [-0.2, -0.15) is 18.2 Å². The summed E-state index contributed by atoms with van der Waals surface area (Å²) in [6.45, 7) is 2.70. The smallest absolute Gasteiger partial charge is 0.264 e. The lowest BCUT2D eigenvalue weighted by Gasteiger charge is -2.16. The summed E-state index contributed by atoms with van der Waals surface area (Å²) >= 11 is 7.27. The minimum absolute atomic E-state index is 0.0754. The van der Waals surface area contributed by atoms with E-state index in [1.165, 1.54) is 11.8 Å². The molecule has 1 aliphatic heterocycles. The first kappa shape index (κ1) is 21.8. The average Bonchev–Trinajstić information content (AvgIpc) is 3.17. The van der Waals surface area contributed by atoms with Gasteiger partial charge < -0.3 is 0 Å². The number of aromatic nitrogens is 1. The van der Waals surface area contributed by atoms with Crippen molar-refractivity contribution in [1.29, 1.82) is 0 Å². The molecule has 1 unspecified atom stereocenters. The molecule has 0 spiro atoms. The normalized spacial score (nSPS) is 17.5. The topological polar surface area (TPSA) is 87.0 Å². The van der Waals surface area contributed by atoms with Crippen LogP contribution in [0.1, 0.15) is 30.4 Å². The van der Waals surface area contributed by atoms with Gasteiger partial charge in [-0.25, -0.2) is 5.01 Å². The molecule has 2 aromatic rings. The number of benzene rings is 1. The molecule has 1 aromatic carbocycles. The van der Waals surface area contributed by atoms with Gasteiger partial charge in [0.15, 0.2) is 5.17 Å². The van der Waals surface area contributed by atoms with Gasteiger partial charge in [0, 0.05) is 29.9 Å². The number of hydrogen-bond acceptors (Lipinski definition) is 5. The van der Waals surface area contributed by atoms with Crippen molar-refractivity contribution < 1.29 is 8.42 Å². The monoisotopic (exact) mass is 451 g/mol. The molecule has 2 heterocycles. The summed E-state index contributed by atoms with van der Waals surface area (Å²) in [4.78, 5) is 4.22. The Morgan fingerprint density at radius 2 is 2.10 bits per heavy atom. The Morgan fingerprint density at radius 3 is 2.72 bits per heavy atom. The summed E-state index contributed by atoms with van der Waals surface area (Å²) in [7, 11) is -3.79. The Balaban J connectivity index is 1.98. The van der Waals surface area contributed by atoms with Gasteiger partial charge in [-0.05, 0) is 42.0 Å². The van der Waals surface area contributed by atoms with Gasteiger partial charge in [0.1, 0.15) is 0 Å². The fraction of sp³-hybridized carbons (Fsp3) is 0.316. The van der Waals surface area contributed by atoms with Gasteiger partial charge in [0.05, 0.1) is 12.3 Å². The van der Waals surface area contributed by atoms with Crippen molar-refractivity contribution in [2.75, 3.05) is 19.3 Å². The third-order valence-electron chi connectivity index (χ3n) is 4.28. The van der Waals surface area contributed by atoms with Crippen molar-refractivity contribution in [2.45, 2.75) is 19.3 Å². The zero-order valence-corrected chi connectivity index (χ0v) is 18.5. The highest BCUT2D eigenvalue weighted by atomic mass is 35.5. The number of halogens is 1. The highest BCUT2D eigenvalue weighted by Gasteiger charge is 2.32. The summed E-state index contributed by atoms with van der Waals surface area (Å²) in [5, 5.41) is 7.30. The number of pyridine rings is 1. The van der Waals surface area contributed by atoms with Crippen molar-refractivity contribution in [3.63, 3.8) is 0 Å². The molecule has 0 amide bonds. The molecule has 1 aromatic heterocycles. The predicted octanol–water partition coefficient (Wildman–Crippen LogP) is 3.50. The number of thioether (sulfide) groups is 1. The summed E-state index contributed by atoms with van der Waals surface area (Å²) in [6, 6.07) is 11.3. The molecule has 1 atom stereocenters. The number of rotatable bonds is 6. The van der Waals surface area contributed by atoms with Crippen molar-refractivity contribution in [3.05, 3.63) is 64.9 Å². The minimum Gasteiger partial charge on any atom is -0.264 e. The van der Waals surface area contributed by atoms with Gasteiger partial charge >= 0.3 is 10.2 Å². The molecule has 154 valence electrons. The number of nitrogens with zero attached hydrogens (tertiary/aromatic N) is 4. The zero-order valence-electron chi connectivity index (χ0n) is 16.1. The van der Waals surface area contributed by atoms with Crippen LogP contribution < -0.4 is 4.72 Å². The van der Waals surface area contributed by atoms with E-state index in [1.807, 2.05) is 43.3 Å². The van der Waals surface area contributed by atoms with Gasteiger partial charge in [-0.15, -0.1) is 4.40 Å². The van der Waals surface area contributed by atoms with E-state index in [0.29, 0.717) is 29.7 Å².